The van der Waals surface area contributed by atoms with Crippen LogP contribution in [-0.4, -0.2) is 9.91 Å². The highest BCUT2D eigenvalue weighted by Gasteiger charge is 2.10. The lowest BCUT2D eigenvalue weighted by Gasteiger charge is -2.06. The van der Waals surface area contributed by atoms with Gasteiger partial charge in [-0.15, -0.1) is 11.6 Å². The average molecular weight is 344 g/mol. The van der Waals surface area contributed by atoms with E-state index in [9.17, 15) is 10.1 Å². The highest BCUT2D eigenvalue weighted by atomic mass is 79.9. The Hall–Kier alpha value is -1.66. The SMILES string of the molecule is O=[N+]([O-])c1cc(Br)cc(Oc2cncc(CCl)c2)c1. The van der Waals surface area contributed by atoms with Gasteiger partial charge in [-0.05, 0) is 17.7 Å². The molecule has 1 aromatic carbocycles. The number of nitro groups is 1. The fourth-order valence-corrected chi connectivity index (χ4v) is 2.05. The second kappa shape index (κ2) is 5.99. The summed E-state index contributed by atoms with van der Waals surface area (Å²) in [5.74, 6) is 1.16. The standard InChI is InChI=1S/C12H8BrClN2O3/c13-9-2-10(16(17)18)4-11(3-9)19-12-1-8(5-14)6-15-7-12/h1-4,6-7H,5H2. The van der Waals surface area contributed by atoms with Crippen LogP contribution in [0.2, 0.25) is 0 Å². The Balaban J connectivity index is 2.29. The number of hydrogen-bond donors (Lipinski definition) is 0. The van der Waals surface area contributed by atoms with Gasteiger partial charge in [0.25, 0.3) is 5.69 Å². The Kier molecular flexibility index (Phi) is 4.34. The molecule has 0 saturated heterocycles. The monoisotopic (exact) mass is 342 g/mol. The Morgan fingerprint density at radius 3 is 2.74 bits per heavy atom. The second-order valence-corrected chi connectivity index (χ2v) is 4.85. The minimum atomic E-state index is -0.481. The number of rotatable bonds is 4. The van der Waals surface area contributed by atoms with Crippen molar-refractivity contribution in [3.05, 3.63) is 56.8 Å². The summed E-state index contributed by atoms with van der Waals surface area (Å²) in [4.78, 5) is 14.3. The number of nitrogens with zero attached hydrogens (tertiary/aromatic N) is 2. The van der Waals surface area contributed by atoms with Crippen LogP contribution in [0.1, 0.15) is 5.56 Å². The Labute approximate surface area is 122 Å². The van der Waals surface area contributed by atoms with E-state index in [1.165, 1.54) is 18.3 Å². The van der Waals surface area contributed by atoms with Gasteiger partial charge in [-0.25, -0.2) is 0 Å². The number of aromatic nitrogens is 1. The van der Waals surface area contributed by atoms with Crippen LogP contribution < -0.4 is 4.74 Å². The molecule has 1 heterocycles. The average Bonchev–Trinajstić information content (AvgIpc) is 2.38. The van der Waals surface area contributed by atoms with Crippen LogP contribution in [0.3, 0.4) is 0 Å². The zero-order valence-corrected chi connectivity index (χ0v) is 11.9. The van der Waals surface area contributed by atoms with Crippen molar-refractivity contribution in [3.63, 3.8) is 0 Å². The van der Waals surface area contributed by atoms with Gasteiger partial charge in [0.05, 0.1) is 17.2 Å². The predicted octanol–water partition coefficient (Wildman–Crippen LogP) is 4.28. The Morgan fingerprint density at radius 1 is 1.26 bits per heavy atom. The van der Waals surface area contributed by atoms with Crippen LogP contribution in [0.5, 0.6) is 11.5 Å². The van der Waals surface area contributed by atoms with E-state index >= 15 is 0 Å². The van der Waals surface area contributed by atoms with Gasteiger partial charge < -0.3 is 4.74 Å². The van der Waals surface area contributed by atoms with Crippen molar-refractivity contribution in [2.24, 2.45) is 0 Å². The first-order chi connectivity index (χ1) is 9.08. The van der Waals surface area contributed by atoms with E-state index in [-0.39, 0.29) is 5.69 Å². The van der Waals surface area contributed by atoms with E-state index in [2.05, 4.69) is 20.9 Å². The summed E-state index contributed by atoms with van der Waals surface area (Å²) < 4.78 is 6.10. The van der Waals surface area contributed by atoms with Crippen molar-refractivity contribution in [1.82, 2.24) is 4.98 Å². The number of ether oxygens (including phenoxy) is 1. The highest BCUT2D eigenvalue weighted by Crippen LogP contribution is 2.29. The molecule has 0 fully saturated rings. The summed E-state index contributed by atoms with van der Waals surface area (Å²) >= 11 is 8.90. The number of non-ortho nitro benzene ring substituents is 1. The number of nitro benzene ring substituents is 1. The third-order valence-electron chi connectivity index (χ3n) is 2.23. The fourth-order valence-electron chi connectivity index (χ4n) is 1.44. The van der Waals surface area contributed by atoms with Crippen LogP contribution in [0, 0.1) is 10.1 Å². The molecule has 0 aliphatic heterocycles. The van der Waals surface area contributed by atoms with Gasteiger partial charge >= 0.3 is 0 Å². The van der Waals surface area contributed by atoms with Gasteiger partial charge in [0.1, 0.15) is 11.5 Å². The van der Waals surface area contributed by atoms with Crippen LogP contribution in [0.25, 0.3) is 0 Å². The molecule has 0 aliphatic carbocycles. The molecule has 0 bridgehead atoms. The molecule has 0 N–H and O–H groups in total. The van der Waals surface area contributed by atoms with Gasteiger partial charge in [-0.1, -0.05) is 15.9 Å². The van der Waals surface area contributed by atoms with Crippen molar-refractivity contribution < 1.29 is 9.66 Å². The first-order valence-corrected chi connectivity index (χ1v) is 6.54. The minimum Gasteiger partial charge on any atom is -0.455 e. The van der Waals surface area contributed by atoms with Crippen molar-refractivity contribution in [2.45, 2.75) is 5.88 Å². The van der Waals surface area contributed by atoms with Gasteiger partial charge in [0.2, 0.25) is 0 Å². The largest absolute Gasteiger partial charge is 0.455 e. The molecule has 5 nitrogen and oxygen atoms in total. The van der Waals surface area contributed by atoms with Crippen molar-refractivity contribution in [1.29, 1.82) is 0 Å². The van der Waals surface area contributed by atoms with Crippen molar-refractivity contribution >= 4 is 33.2 Å². The first-order valence-electron chi connectivity index (χ1n) is 5.21. The second-order valence-electron chi connectivity index (χ2n) is 3.67. The molecule has 0 amide bonds. The zero-order valence-electron chi connectivity index (χ0n) is 9.55. The molecule has 0 atom stereocenters. The van der Waals surface area contributed by atoms with Gasteiger partial charge in [-0.3, -0.25) is 15.1 Å². The fraction of sp³-hybridized carbons (Fsp3) is 0.0833. The van der Waals surface area contributed by atoms with E-state index in [4.69, 9.17) is 16.3 Å². The summed E-state index contributed by atoms with van der Waals surface area (Å²) in [6.07, 6.45) is 3.14. The molecular weight excluding hydrogens is 336 g/mol. The molecule has 0 radical (unpaired) electrons. The van der Waals surface area contributed by atoms with Gasteiger partial charge in [0.15, 0.2) is 0 Å². The lowest BCUT2D eigenvalue weighted by Crippen LogP contribution is -1.91. The van der Waals surface area contributed by atoms with Crippen molar-refractivity contribution in [3.8, 4) is 11.5 Å². The molecule has 2 aromatic rings. The maximum atomic E-state index is 10.8. The molecule has 19 heavy (non-hydrogen) atoms. The molecule has 0 spiro atoms. The summed E-state index contributed by atoms with van der Waals surface area (Å²) in [6.45, 7) is 0. The number of alkyl halides is 1. The predicted molar refractivity (Wildman–Crippen MR) is 74.7 cm³/mol. The molecule has 1 aromatic heterocycles. The Morgan fingerprint density at radius 2 is 2.05 bits per heavy atom. The Bertz CT molecular complexity index is 622. The third-order valence-corrected chi connectivity index (χ3v) is 2.99. The van der Waals surface area contributed by atoms with Crippen molar-refractivity contribution in [2.75, 3.05) is 0 Å². The first kappa shape index (κ1) is 13.8. The highest BCUT2D eigenvalue weighted by molar-refractivity contribution is 9.10. The molecule has 0 aliphatic rings. The normalized spacial score (nSPS) is 10.2. The van der Waals surface area contributed by atoms with Gasteiger partial charge in [0, 0.05) is 22.6 Å². The number of benzene rings is 1. The molecule has 98 valence electrons. The van der Waals surface area contributed by atoms with E-state index in [1.54, 1.807) is 18.3 Å². The lowest BCUT2D eigenvalue weighted by atomic mass is 10.3. The smallest absolute Gasteiger partial charge is 0.274 e. The third kappa shape index (κ3) is 3.65. The van der Waals surface area contributed by atoms with Crippen LogP contribution in [0.15, 0.2) is 41.1 Å². The molecule has 2 rings (SSSR count). The van der Waals surface area contributed by atoms with E-state index in [1.807, 2.05) is 0 Å². The molecule has 0 unspecified atom stereocenters. The molecular formula is C12H8BrClN2O3. The van der Waals surface area contributed by atoms with E-state index in [0.717, 1.165) is 5.56 Å². The number of hydrogen-bond acceptors (Lipinski definition) is 4. The number of pyridine rings is 1. The maximum absolute atomic E-state index is 10.8. The minimum absolute atomic E-state index is 0.0502. The molecule has 0 saturated carbocycles. The van der Waals surface area contributed by atoms with E-state index in [0.29, 0.717) is 21.9 Å². The quantitative estimate of drug-likeness (QED) is 0.472. The maximum Gasteiger partial charge on any atom is 0.274 e. The molecule has 7 heteroatoms. The zero-order chi connectivity index (χ0) is 13.8. The van der Waals surface area contributed by atoms with Crippen LogP contribution in [-0.2, 0) is 5.88 Å². The lowest BCUT2D eigenvalue weighted by molar-refractivity contribution is -0.385. The number of halogens is 2. The summed E-state index contributed by atoms with van der Waals surface area (Å²) in [5, 5.41) is 10.8. The summed E-state index contributed by atoms with van der Waals surface area (Å²) in [5.41, 5.74) is 0.759. The van der Waals surface area contributed by atoms with E-state index < -0.39 is 4.92 Å². The van der Waals surface area contributed by atoms with Crippen LogP contribution >= 0.6 is 27.5 Å². The van der Waals surface area contributed by atoms with Gasteiger partial charge in [-0.2, -0.15) is 0 Å². The summed E-state index contributed by atoms with van der Waals surface area (Å²) in [7, 11) is 0. The van der Waals surface area contributed by atoms with Crippen LogP contribution in [0.4, 0.5) is 5.69 Å². The topological polar surface area (TPSA) is 65.3 Å². The summed E-state index contributed by atoms with van der Waals surface area (Å²) in [6, 6.07) is 6.12.